The van der Waals surface area contributed by atoms with Gasteiger partial charge in [0.2, 0.25) is 17.6 Å². The predicted molar refractivity (Wildman–Crippen MR) is 109 cm³/mol. The molecule has 4 aromatic heterocycles. The Morgan fingerprint density at radius 3 is 2.90 bits per heavy atom. The molecular formula is C20H23N7O2. The minimum absolute atomic E-state index is 0.236. The van der Waals surface area contributed by atoms with Crippen molar-refractivity contribution in [1.82, 2.24) is 29.3 Å². The van der Waals surface area contributed by atoms with Crippen LogP contribution in [0.5, 0.6) is 5.88 Å². The molecule has 0 aromatic carbocycles. The SMILES string of the molecule is COc1nc(N[C@H]2CC[C@@](C)(O)CC2)nc2[nH]cc(-c3cnc4nccn4c3)c12. The Morgan fingerprint density at radius 2 is 2.10 bits per heavy atom. The summed E-state index contributed by atoms with van der Waals surface area (Å²) in [7, 11) is 1.61. The fraction of sp³-hybridized carbons (Fsp3) is 0.400. The van der Waals surface area contributed by atoms with E-state index in [4.69, 9.17) is 4.74 Å². The van der Waals surface area contributed by atoms with Crippen molar-refractivity contribution in [1.29, 1.82) is 0 Å². The van der Waals surface area contributed by atoms with Crippen LogP contribution in [0.25, 0.3) is 27.9 Å². The summed E-state index contributed by atoms with van der Waals surface area (Å²) in [4.78, 5) is 21.1. The Kier molecular flexibility index (Phi) is 4.13. The maximum absolute atomic E-state index is 10.2. The molecule has 3 N–H and O–H groups in total. The summed E-state index contributed by atoms with van der Waals surface area (Å²) >= 11 is 0. The number of H-pyrrole nitrogens is 1. The topological polar surface area (TPSA) is 113 Å². The zero-order valence-corrected chi connectivity index (χ0v) is 16.4. The maximum Gasteiger partial charge on any atom is 0.233 e. The van der Waals surface area contributed by atoms with Crippen molar-refractivity contribution in [2.75, 3.05) is 12.4 Å². The van der Waals surface area contributed by atoms with Gasteiger partial charge in [-0.3, -0.25) is 4.40 Å². The summed E-state index contributed by atoms with van der Waals surface area (Å²) in [6, 6.07) is 0.236. The second kappa shape index (κ2) is 6.70. The van der Waals surface area contributed by atoms with Crippen molar-refractivity contribution >= 4 is 22.8 Å². The number of hydrogen-bond donors (Lipinski definition) is 3. The van der Waals surface area contributed by atoms with Crippen molar-refractivity contribution in [3.8, 4) is 17.0 Å². The third kappa shape index (κ3) is 3.27. The minimum Gasteiger partial charge on any atom is -0.480 e. The standard InChI is InChI=1S/C20H23N7O2/c1-20(28)5-3-13(4-6-20)24-18-25-16-15(17(26-18)29-2)14(10-22-16)12-9-23-19-21-7-8-27(19)11-12/h7-11,13,28H,3-6H2,1-2H3,(H2,22,24,25,26)/t13-,20+. The molecule has 0 radical (unpaired) electrons. The molecule has 4 aromatic rings. The Hall–Kier alpha value is -3.20. The van der Waals surface area contributed by atoms with Crippen LogP contribution in [0.15, 0.2) is 31.0 Å². The number of aromatic nitrogens is 6. The van der Waals surface area contributed by atoms with Crippen molar-refractivity contribution in [2.45, 2.75) is 44.2 Å². The van der Waals surface area contributed by atoms with Crippen LogP contribution in [0.2, 0.25) is 0 Å². The molecule has 0 atom stereocenters. The summed E-state index contributed by atoms with van der Waals surface area (Å²) in [5, 5.41) is 14.4. The lowest BCUT2D eigenvalue weighted by Crippen LogP contribution is -2.36. The first-order valence-electron chi connectivity index (χ1n) is 9.73. The number of nitrogens with one attached hydrogen (secondary N) is 2. The summed E-state index contributed by atoms with van der Waals surface area (Å²) in [6.07, 6.45) is 12.5. The molecule has 5 rings (SSSR count). The van der Waals surface area contributed by atoms with E-state index in [1.807, 2.05) is 29.9 Å². The molecule has 1 saturated carbocycles. The van der Waals surface area contributed by atoms with Gasteiger partial charge in [-0.2, -0.15) is 9.97 Å². The molecule has 150 valence electrons. The lowest BCUT2D eigenvalue weighted by molar-refractivity contribution is 0.0195. The first kappa shape index (κ1) is 17.9. The van der Waals surface area contributed by atoms with Gasteiger partial charge >= 0.3 is 0 Å². The average Bonchev–Trinajstić information content (AvgIpc) is 3.35. The van der Waals surface area contributed by atoms with Crippen LogP contribution >= 0.6 is 0 Å². The van der Waals surface area contributed by atoms with Crippen LogP contribution in [0.1, 0.15) is 32.6 Å². The van der Waals surface area contributed by atoms with E-state index in [1.54, 1.807) is 19.5 Å². The van der Waals surface area contributed by atoms with Crippen molar-refractivity contribution in [3.63, 3.8) is 0 Å². The normalized spacial score (nSPS) is 22.2. The van der Waals surface area contributed by atoms with E-state index in [2.05, 4.69) is 30.2 Å². The minimum atomic E-state index is -0.570. The second-order valence-electron chi connectivity index (χ2n) is 7.88. The molecule has 4 heterocycles. The van der Waals surface area contributed by atoms with Gasteiger partial charge in [0.05, 0.1) is 18.1 Å². The van der Waals surface area contributed by atoms with Gasteiger partial charge in [0.15, 0.2) is 0 Å². The van der Waals surface area contributed by atoms with Crippen molar-refractivity contribution in [2.24, 2.45) is 0 Å². The third-order valence-electron chi connectivity index (χ3n) is 5.64. The van der Waals surface area contributed by atoms with Crippen molar-refractivity contribution < 1.29 is 9.84 Å². The molecule has 0 unspecified atom stereocenters. The highest BCUT2D eigenvalue weighted by atomic mass is 16.5. The molecule has 1 fully saturated rings. The predicted octanol–water partition coefficient (Wildman–Crippen LogP) is 2.78. The molecule has 0 bridgehead atoms. The van der Waals surface area contributed by atoms with E-state index < -0.39 is 5.60 Å². The highest BCUT2D eigenvalue weighted by molar-refractivity contribution is 5.97. The van der Waals surface area contributed by atoms with E-state index in [9.17, 15) is 5.11 Å². The lowest BCUT2D eigenvalue weighted by Gasteiger charge is -2.33. The maximum atomic E-state index is 10.2. The fourth-order valence-corrected chi connectivity index (χ4v) is 3.96. The number of fused-ring (bicyclic) bond motifs is 2. The van der Waals surface area contributed by atoms with Gasteiger partial charge in [-0.1, -0.05) is 0 Å². The van der Waals surface area contributed by atoms with Crippen LogP contribution < -0.4 is 10.1 Å². The molecular weight excluding hydrogens is 370 g/mol. The third-order valence-corrected chi connectivity index (χ3v) is 5.64. The highest BCUT2D eigenvalue weighted by Crippen LogP contribution is 2.35. The molecule has 9 heteroatoms. The molecule has 9 nitrogen and oxygen atoms in total. The molecule has 0 spiro atoms. The van der Waals surface area contributed by atoms with Crippen LogP contribution in [0.4, 0.5) is 5.95 Å². The largest absolute Gasteiger partial charge is 0.480 e. The van der Waals surface area contributed by atoms with Gasteiger partial charge in [0.25, 0.3) is 0 Å². The molecule has 0 aliphatic heterocycles. The van der Waals surface area contributed by atoms with Crippen LogP contribution in [0.3, 0.4) is 0 Å². The summed E-state index contributed by atoms with van der Waals surface area (Å²) in [5.41, 5.74) is 1.96. The van der Waals surface area contributed by atoms with E-state index in [-0.39, 0.29) is 6.04 Å². The average molecular weight is 393 g/mol. The number of aliphatic hydroxyl groups is 1. The van der Waals surface area contributed by atoms with E-state index >= 15 is 0 Å². The first-order chi connectivity index (χ1) is 14.0. The Labute approximate surface area is 167 Å². The molecule has 1 aliphatic carbocycles. The number of anilines is 1. The number of hydrogen-bond acceptors (Lipinski definition) is 7. The van der Waals surface area contributed by atoms with E-state index in [0.29, 0.717) is 23.3 Å². The number of methoxy groups -OCH3 is 1. The van der Waals surface area contributed by atoms with Gasteiger partial charge < -0.3 is 20.1 Å². The Bertz CT molecular complexity index is 1170. The van der Waals surface area contributed by atoms with E-state index in [1.165, 1.54) is 0 Å². The monoisotopic (exact) mass is 393 g/mol. The van der Waals surface area contributed by atoms with Gasteiger partial charge in [-0.15, -0.1) is 0 Å². The number of imidazole rings is 1. The molecule has 0 amide bonds. The van der Waals surface area contributed by atoms with Crippen LogP contribution in [-0.2, 0) is 0 Å². The summed E-state index contributed by atoms with van der Waals surface area (Å²) < 4.78 is 7.46. The second-order valence-corrected chi connectivity index (χ2v) is 7.88. The summed E-state index contributed by atoms with van der Waals surface area (Å²) in [5.74, 6) is 1.68. The van der Waals surface area contributed by atoms with Gasteiger partial charge in [0, 0.05) is 48.2 Å². The quantitative estimate of drug-likeness (QED) is 0.488. The van der Waals surface area contributed by atoms with E-state index in [0.717, 1.165) is 42.2 Å². The zero-order chi connectivity index (χ0) is 20.0. The molecule has 1 aliphatic rings. The fourth-order valence-electron chi connectivity index (χ4n) is 3.96. The zero-order valence-electron chi connectivity index (χ0n) is 16.4. The molecule has 29 heavy (non-hydrogen) atoms. The number of rotatable bonds is 4. The van der Waals surface area contributed by atoms with Crippen molar-refractivity contribution in [3.05, 3.63) is 31.0 Å². The number of aromatic amines is 1. The smallest absolute Gasteiger partial charge is 0.233 e. The number of ether oxygens (including phenoxy) is 1. The lowest BCUT2D eigenvalue weighted by atomic mass is 9.84. The molecule has 0 saturated heterocycles. The highest BCUT2D eigenvalue weighted by Gasteiger charge is 2.29. The Morgan fingerprint density at radius 1 is 1.28 bits per heavy atom. The Balaban J connectivity index is 1.49. The van der Waals surface area contributed by atoms with Gasteiger partial charge in [0.1, 0.15) is 5.65 Å². The summed E-state index contributed by atoms with van der Waals surface area (Å²) in [6.45, 7) is 1.89. The van der Waals surface area contributed by atoms with Gasteiger partial charge in [-0.25, -0.2) is 9.97 Å². The number of nitrogens with zero attached hydrogens (tertiary/aromatic N) is 5. The van der Waals surface area contributed by atoms with Gasteiger partial charge in [-0.05, 0) is 32.6 Å². The first-order valence-corrected chi connectivity index (χ1v) is 9.73. The van der Waals surface area contributed by atoms with Crippen LogP contribution in [0, 0.1) is 0 Å². The van der Waals surface area contributed by atoms with Crippen LogP contribution in [-0.4, -0.2) is 53.2 Å².